The average Bonchev–Trinajstić information content (AvgIpc) is 2.74. The van der Waals surface area contributed by atoms with Crippen LogP contribution in [0, 0.1) is 12.3 Å². The number of nitrogens with zero attached hydrogens (tertiary/aromatic N) is 2. The molecular formula is C22H30N4O4. The first-order valence-electron chi connectivity index (χ1n) is 9.80. The number of hydrogen-bond acceptors (Lipinski definition) is 6. The number of piperazine rings is 1. The Balaban J connectivity index is 0.000000414. The molecule has 8 nitrogen and oxygen atoms in total. The van der Waals surface area contributed by atoms with Crippen LogP contribution in [0.3, 0.4) is 0 Å². The lowest BCUT2D eigenvalue weighted by Gasteiger charge is -2.30. The van der Waals surface area contributed by atoms with Crippen molar-refractivity contribution in [1.82, 2.24) is 20.4 Å². The Labute approximate surface area is 178 Å². The van der Waals surface area contributed by atoms with Gasteiger partial charge in [0, 0.05) is 50.8 Å². The van der Waals surface area contributed by atoms with Crippen molar-refractivity contribution in [2.45, 2.75) is 25.8 Å². The number of amides is 3. The number of allylic oxidation sites excluding steroid dienone is 3. The summed E-state index contributed by atoms with van der Waals surface area (Å²) in [6.07, 6.45) is 10.9. The number of terminal acetylenes is 1. The molecule has 2 aliphatic rings. The van der Waals surface area contributed by atoms with Crippen molar-refractivity contribution in [3.05, 3.63) is 36.0 Å². The largest absolute Gasteiger partial charge is 0.330 e. The third-order valence-electron chi connectivity index (χ3n) is 4.70. The van der Waals surface area contributed by atoms with Crippen LogP contribution in [0.15, 0.2) is 36.0 Å². The van der Waals surface area contributed by atoms with Crippen molar-refractivity contribution in [2.24, 2.45) is 0 Å². The number of aldehydes is 1. The van der Waals surface area contributed by atoms with E-state index in [1.54, 1.807) is 19.1 Å². The summed E-state index contributed by atoms with van der Waals surface area (Å²) in [6.45, 7) is 10.5. The molecule has 0 bridgehead atoms. The Bertz CT molecular complexity index is 758. The average molecular weight is 415 g/mol. The minimum Gasteiger partial charge on any atom is -0.330 e. The Kier molecular flexibility index (Phi) is 11.0. The predicted octanol–water partition coefficient (Wildman–Crippen LogP) is 0.0324. The summed E-state index contributed by atoms with van der Waals surface area (Å²) < 4.78 is 0. The van der Waals surface area contributed by atoms with Crippen LogP contribution >= 0.6 is 0 Å². The summed E-state index contributed by atoms with van der Waals surface area (Å²) in [5.41, 5.74) is 0.160. The molecule has 30 heavy (non-hydrogen) atoms. The predicted molar refractivity (Wildman–Crippen MR) is 115 cm³/mol. The van der Waals surface area contributed by atoms with Crippen molar-refractivity contribution in [3.63, 3.8) is 0 Å². The Morgan fingerprint density at radius 3 is 2.57 bits per heavy atom. The van der Waals surface area contributed by atoms with Crippen LogP contribution in [0.2, 0.25) is 0 Å². The topological polar surface area (TPSA) is 98.8 Å². The highest BCUT2D eigenvalue weighted by molar-refractivity contribution is 6.07. The molecule has 2 heterocycles. The molecule has 0 spiro atoms. The van der Waals surface area contributed by atoms with Gasteiger partial charge < -0.3 is 10.2 Å². The number of carbonyl (C=O) groups excluding carboxylic acids is 4. The van der Waals surface area contributed by atoms with E-state index < -0.39 is 17.9 Å². The minimum atomic E-state index is -0.733. The van der Waals surface area contributed by atoms with Gasteiger partial charge in [-0.3, -0.25) is 29.4 Å². The molecule has 1 unspecified atom stereocenters. The third kappa shape index (κ3) is 7.78. The zero-order chi connectivity index (χ0) is 22.5. The van der Waals surface area contributed by atoms with Gasteiger partial charge in [-0.05, 0) is 19.4 Å². The van der Waals surface area contributed by atoms with Gasteiger partial charge in [0.2, 0.25) is 11.8 Å². The maximum Gasteiger partial charge on any atom is 0.254 e. The fourth-order valence-corrected chi connectivity index (χ4v) is 2.95. The van der Waals surface area contributed by atoms with Crippen LogP contribution in [0.5, 0.6) is 0 Å². The molecular weight excluding hydrogens is 384 g/mol. The van der Waals surface area contributed by atoms with Crippen LogP contribution < -0.4 is 10.6 Å². The standard InChI is InChI=1S/C15H18N2O4.C7H12N2/c1-4-5-6-11(10(2)9-18)15(21)17(3)12-7-8-13(19)16-14(12)20;1-2-5-9-6-3-8-4-7-9/h4-6,9,12H,2,7-8H2,1,3H3,(H,16,19,20);1,8H,3-7H2/b5-4-,11-6+;. The molecule has 1 atom stereocenters. The van der Waals surface area contributed by atoms with Gasteiger partial charge in [-0.1, -0.05) is 24.7 Å². The summed E-state index contributed by atoms with van der Waals surface area (Å²) in [5.74, 6) is 1.29. The van der Waals surface area contributed by atoms with E-state index in [-0.39, 0.29) is 29.9 Å². The molecule has 8 heteroatoms. The molecule has 2 N–H and O–H groups in total. The molecule has 2 rings (SSSR count). The monoisotopic (exact) mass is 414 g/mol. The van der Waals surface area contributed by atoms with Crippen molar-refractivity contribution < 1.29 is 19.2 Å². The number of carbonyl (C=O) groups is 4. The molecule has 2 saturated heterocycles. The van der Waals surface area contributed by atoms with Gasteiger partial charge in [0.15, 0.2) is 0 Å². The van der Waals surface area contributed by atoms with Crippen LogP contribution in [0.4, 0.5) is 0 Å². The second-order valence-corrected chi connectivity index (χ2v) is 6.86. The normalized spacial score (nSPS) is 19.9. The highest BCUT2D eigenvalue weighted by Crippen LogP contribution is 2.16. The van der Waals surface area contributed by atoms with E-state index in [2.05, 4.69) is 28.0 Å². The summed E-state index contributed by atoms with van der Waals surface area (Å²) >= 11 is 0. The second kappa shape index (κ2) is 13.2. The van der Waals surface area contributed by atoms with Crippen molar-refractivity contribution in [1.29, 1.82) is 0 Å². The molecule has 0 saturated carbocycles. The van der Waals surface area contributed by atoms with Crippen LogP contribution in [0.1, 0.15) is 19.8 Å². The van der Waals surface area contributed by atoms with Gasteiger partial charge in [0.1, 0.15) is 12.3 Å². The van der Waals surface area contributed by atoms with Gasteiger partial charge in [0.25, 0.3) is 5.91 Å². The molecule has 0 aromatic rings. The number of rotatable bonds is 6. The second-order valence-electron chi connectivity index (χ2n) is 6.86. The Morgan fingerprint density at radius 2 is 2.03 bits per heavy atom. The fourth-order valence-electron chi connectivity index (χ4n) is 2.95. The molecule has 0 radical (unpaired) electrons. The van der Waals surface area contributed by atoms with E-state index in [4.69, 9.17) is 6.42 Å². The van der Waals surface area contributed by atoms with E-state index in [1.165, 1.54) is 18.0 Å². The lowest BCUT2D eigenvalue weighted by atomic mass is 10.0. The maximum atomic E-state index is 12.4. The highest BCUT2D eigenvalue weighted by Gasteiger charge is 2.33. The fraction of sp³-hybridized carbons (Fsp3) is 0.455. The smallest absolute Gasteiger partial charge is 0.254 e. The van der Waals surface area contributed by atoms with E-state index in [1.807, 2.05) is 0 Å². The van der Waals surface area contributed by atoms with Gasteiger partial charge in [-0.25, -0.2) is 0 Å². The summed E-state index contributed by atoms with van der Waals surface area (Å²) in [6, 6.07) is -0.733. The Morgan fingerprint density at radius 1 is 1.37 bits per heavy atom. The van der Waals surface area contributed by atoms with Crippen LogP contribution in [0.25, 0.3) is 0 Å². The van der Waals surface area contributed by atoms with Crippen molar-refractivity contribution in [3.8, 4) is 12.3 Å². The SMILES string of the molecule is C#CCN1CCNCC1.C=C(C=O)/C(=C\C=C/C)C(=O)N(C)C1CCC(=O)NC1=O. The van der Waals surface area contributed by atoms with E-state index in [0.717, 1.165) is 32.7 Å². The van der Waals surface area contributed by atoms with Crippen LogP contribution in [-0.4, -0.2) is 79.6 Å². The highest BCUT2D eigenvalue weighted by atomic mass is 16.2. The van der Waals surface area contributed by atoms with Gasteiger partial charge in [-0.2, -0.15) is 0 Å². The lowest BCUT2D eigenvalue weighted by molar-refractivity contribution is -0.142. The summed E-state index contributed by atoms with van der Waals surface area (Å²) in [5, 5.41) is 5.46. The number of hydrogen-bond donors (Lipinski definition) is 2. The van der Waals surface area contributed by atoms with E-state index >= 15 is 0 Å². The van der Waals surface area contributed by atoms with Crippen LogP contribution in [-0.2, 0) is 19.2 Å². The first-order chi connectivity index (χ1) is 14.3. The zero-order valence-electron chi connectivity index (χ0n) is 17.6. The number of nitrogens with one attached hydrogen (secondary N) is 2. The minimum absolute atomic E-state index is 0.0391. The summed E-state index contributed by atoms with van der Waals surface area (Å²) in [4.78, 5) is 49.7. The van der Waals surface area contributed by atoms with Gasteiger partial charge in [0.05, 0.1) is 6.54 Å². The van der Waals surface area contributed by atoms with Crippen molar-refractivity contribution in [2.75, 3.05) is 39.8 Å². The number of imide groups is 1. The zero-order valence-corrected chi connectivity index (χ0v) is 17.6. The van der Waals surface area contributed by atoms with E-state index in [9.17, 15) is 19.2 Å². The first-order valence-corrected chi connectivity index (χ1v) is 9.80. The number of piperidine rings is 1. The molecule has 2 aliphatic heterocycles. The molecule has 0 aromatic heterocycles. The van der Waals surface area contributed by atoms with E-state index in [0.29, 0.717) is 6.29 Å². The molecule has 2 fully saturated rings. The molecule has 0 aromatic carbocycles. The van der Waals surface area contributed by atoms with Gasteiger partial charge in [-0.15, -0.1) is 6.42 Å². The number of likely N-dealkylation sites (N-methyl/N-ethyl adjacent to an activating group) is 1. The van der Waals surface area contributed by atoms with Crippen molar-refractivity contribution >= 4 is 24.0 Å². The lowest BCUT2D eigenvalue weighted by Crippen LogP contribution is -2.53. The first kappa shape index (κ1) is 25.0. The molecule has 3 amide bonds. The quantitative estimate of drug-likeness (QED) is 0.209. The Hall–Kier alpha value is -3.02. The third-order valence-corrected chi connectivity index (χ3v) is 4.70. The summed E-state index contributed by atoms with van der Waals surface area (Å²) in [7, 11) is 1.46. The molecule has 162 valence electrons. The maximum absolute atomic E-state index is 12.4. The molecule has 0 aliphatic carbocycles. The van der Waals surface area contributed by atoms with Gasteiger partial charge >= 0.3 is 0 Å².